The van der Waals surface area contributed by atoms with Gasteiger partial charge in [0.1, 0.15) is 11.6 Å². The van der Waals surface area contributed by atoms with Crippen LogP contribution in [-0.4, -0.2) is 37.7 Å². The number of carbonyl (C=O) groups is 3. The summed E-state index contributed by atoms with van der Waals surface area (Å²) in [5, 5.41) is 9.07. The van der Waals surface area contributed by atoms with Gasteiger partial charge in [0.05, 0.1) is 30.0 Å². The first-order valence-electron chi connectivity index (χ1n) is 13.8. The van der Waals surface area contributed by atoms with Crippen molar-refractivity contribution < 1.29 is 28.6 Å². The number of fused-ring (bicyclic) bond motifs is 2. The summed E-state index contributed by atoms with van der Waals surface area (Å²) in [4.78, 5) is 38.6. The maximum Gasteiger partial charge on any atom is 0.341 e. The first-order chi connectivity index (χ1) is 20.9. The van der Waals surface area contributed by atoms with Crippen molar-refractivity contribution >= 4 is 67.0 Å². The second-order valence-electron chi connectivity index (χ2n) is 9.75. The normalized spacial score (nSPS) is 12.5. The predicted octanol–water partition coefficient (Wildman–Crippen LogP) is 6.40. The molecule has 0 saturated carbocycles. The summed E-state index contributed by atoms with van der Waals surface area (Å²) in [6, 6.07) is 17.7. The number of amides is 2. The zero-order chi connectivity index (χ0) is 30.3. The molecule has 43 heavy (non-hydrogen) atoms. The standard InChI is InChI=1S/C32H30BrN3O6S/c1-3-41-25-16-19(15-24(33)28(25)42-18-21-11-8-10-20-9-4-5-12-22(20)21)17-34-36-30(38)29(37)35-31-27(32(39)40-2)23-13-6-7-14-26(23)43-31/h4-5,8-12,15-17H,3,6-7,13-14,18H2,1-2H3,(H,35,37)(H,36,38)/b34-17+. The smallest absolute Gasteiger partial charge is 0.341 e. The molecule has 0 atom stereocenters. The zero-order valence-corrected chi connectivity index (χ0v) is 26.1. The van der Waals surface area contributed by atoms with E-state index in [1.165, 1.54) is 24.7 Å². The molecule has 0 radical (unpaired) electrons. The molecule has 2 N–H and O–H groups in total. The molecule has 1 aromatic heterocycles. The van der Waals surface area contributed by atoms with Gasteiger partial charge in [0.25, 0.3) is 0 Å². The number of nitrogens with one attached hydrogen (secondary N) is 2. The van der Waals surface area contributed by atoms with Crippen LogP contribution in [0.5, 0.6) is 11.5 Å². The Labute approximate surface area is 261 Å². The number of methoxy groups -OCH3 is 1. The van der Waals surface area contributed by atoms with Crippen molar-refractivity contribution in [1.29, 1.82) is 0 Å². The number of ether oxygens (including phenoxy) is 3. The summed E-state index contributed by atoms with van der Waals surface area (Å²) in [7, 11) is 1.29. The van der Waals surface area contributed by atoms with E-state index >= 15 is 0 Å². The summed E-state index contributed by atoms with van der Waals surface area (Å²) >= 11 is 4.87. The molecule has 0 unspecified atom stereocenters. The Balaban J connectivity index is 1.26. The van der Waals surface area contributed by atoms with Crippen molar-refractivity contribution in [3.63, 3.8) is 0 Å². The maximum absolute atomic E-state index is 12.7. The van der Waals surface area contributed by atoms with Gasteiger partial charge >= 0.3 is 17.8 Å². The quantitative estimate of drug-likeness (QED) is 0.0927. The number of carbonyl (C=O) groups excluding carboxylic acids is 3. The highest BCUT2D eigenvalue weighted by atomic mass is 79.9. The molecule has 5 rings (SSSR count). The third-order valence-corrected chi connectivity index (χ3v) is 8.75. The molecule has 0 aliphatic heterocycles. The highest BCUT2D eigenvalue weighted by molar-refractivity contribution is 9.10. The van der Waals surface area contributed by atoms with Crippen LogP contribution in [-0.2, 0) is 33.8 Å². The largest absolute Gasteiger partial charge is 0.490 e. The fourth-order valence-corrected chi connectivity index (χ4v) is 6.83. The van der Waals surface area contributed by atoms with E-state index in [-0.39, 0.29) is 0 Å². The molecule has 4 aromatic rings. The van der Waals surface area contributed by atoms with Crippen LogP contribution in [0.2, 0.25) is 0 Å². The Kier molecular flexibility index (Phi) is 9.73. The van der Waals surface area contributed by atoms with E-state index in [9.17, 15) is 14.4 Å². The fraction of sp³-hybridized carbons (Fsp3) is 0.250. The SMILES string of the molecule is CCOc1cc(/C=N/NC(=O)C(=O)Nc2sc3c(c2C(=O)OC)CCCC3)cc(Br)c1OCc1cccc2ccccc12. The summed E-state index contributed by atoms with van der Waals surface area (Å²) < 4.78 is 17.6. The van der Waals surface area contributed by atoms with E-state index in [0.717, 1.165) is 52.5 Å². The zero-order valence-electron chi connectivity index (χ0n) is 23.7. The molecule has 9 nitrogen and oxygen atoms in total. The topological polar surface area (TPSA) is 115 Å². The lowest BCUT2D eigenvalue weighted by Gasteiger charge is -2.15. The molecule has 1 aliphatic rings. The van der Waals surface area contributed by atoms with Gasteiger partial charge in [-0.05, 0) is 88.1 Å². The second kappa shape index (κ2) is 13.8. The van der Waals surface area contributed by atoms with Crippen LogP contribution in [0.3, 0.4) is 0 Å². The number of nitrogens with zero attached hydrogens (tertiary/aromatic N) is 1. The van der Waals surface area contributed by atoms with Crippen LogP contribution in [0.1, 0.15) is 51.7 Å². The average molecular weight is 665 g/mol. The van der Waals surface area contributed by atoms with Crippen molar-refractivity contribution in [2.24, 2.45) is 5.10 Å². The molecule has 11 heteroatoms. The number of hydrazone groups is 1. The van der Waals surface area contributed by atoms with Crippen molar-refractivity contribution in [1.82, 2.24) is 5.43 Å². The van der Waals surface area contributed by atoms with Crippen molar-refractivity contribution in [3.05, 3.63) is 86.2 Å². The molecule has 222 valence electrons. The maximum atomic E-state index is 12.7. The number of esters is 1. The van der Waals surface area contributed by atoms with Crippen molar-refractivity contribution in [2.75, 3.05) is 19.0 Å². The van der Waals surface area contributed by atoms with Gasteiger partial charge in [-0.2, -0.15) is 5.10 Å². The molecule has 0 fully saturated rings. The second-order valence-corrected chi connectivity index (χ2v) is 11.7. The molecule has 0 bridgehead atoms. The number of thiophene rings is 1. The first kappa shape index (κ1) is 30.2. The lowest BCUT2D eigenvalue weighted by Crippen LogP contribution is -2.32. The minimum absolute atomic E-state index is 0.312. The predicted molar refractivity (Wildman–Crippen MR) is 170 cm³/mol. The Morgan fingerprint density at radius 2 is 1.81 bits per heavy atom. The summed E-state index contributed by atoms with van der Waals surface area (Å²) in [6.45, 7) is 2.62. The molecule has 0 spiro atoms. The van der Waals surface area contributed by atoms with Crippen LogP contribution in [0.15, 0.2) is 64.2 Å². The molecule has 1 aliphatic carbocycles. The number of anilines is 1. The van der Waals surface area contributed by atoms with Crippen LogP contribution in [0.25, 0.3) is 10.8 Å². The monoisotopic (exact) mass is 663 g/mol. The number of aryl methyl sites for hydroxylation is 1. The number of rotatable bonds is 9. The van der Waals surface area contributed by atoms with Crippen LogP contribution in [0, 0.1) is 0 Å². The van der Waals surface area contributed by atoms with Crippen LogP contribution >= 0.6 is 27.3 Å². The molecule has 3 aromatic carbocycles. The highest BCUT2D eigenvalue weighted by Gasteiger charge is 2.28. The Morgan fingerprint density at radius 3 is 2.63 bits per heavy atom. The van der Waals surface area contributed by atoms with E-state index in [2.05, 4.69) is 50.0 Å². The van der Waals surface area contributed by atoms with E-state index in [0.29, 0.717) is 45.3 Å². The van der Waals surface area contributed by atoms with Crippen LogP contribution in [0.4, 0.5) is 5.00 Å². The van der Waals surface area contributed by atoms with Gasteiger partial charge in [-0.25, -0.2) is 10.2 Å². The molecular weight excluding hydrogens is 634 g/mol. The van der Waals surface area contributed by atoms with E-state index < -0.39 is 17.8 Å². The van der Waals surface area contributed by atoms with Gasteiger partial charge in [0.2, 0.25) is 0 Å². The molecule has 2 amide bonds. The number of halogens is 1. The van der Waals surface area contributed by atoms with Gasteiger partial charge in [0, 0.05) is 4.88 Å². The summed E-state index contributed by atoms with van der Waals surface area (Å²) in [6.07, 6.45) is 4.91. The van der Waals surface area contributed by atoms with E-state index in [4.69, 9.17) is 14.2 Å². The Morgan fingerprint density at radius 1 is 1.02 bits per heavy atom. The molecule has 0 saturated heterocycles. The highest BCUT2D eigenvalue weighted by Crippen LogP contribution is 2.39. The lowest BCUT2D eigenvalue weighted by atomic mass is 9.95. The fourth-order valence-electron chi connectivity index (χ4n) is 4.98. The summed E-state index contributed by atoms with van der Waals surface area (Å²) in [5.41, 5.74) is 5.10. The lowest BCUT2D eigenvalue weighted by molar-refractivity contribution is -0.136. The number of benzene rings is 3. The minimum Gasteiger partial charge on any atom is -0.490 e. The summed E-state index contributed by atoms with van der Waals surface area (Å²) in [5.74, 6) is -1.41. The van der Waals surface area contributed by atoms with Gasteiger partial charge in [-0.1, -0.05) is 42.5 Å². The van der Waals surface area contributed by atoms with E-state index in [1.54, 1.807) is 12.1 Å². The van der Waals surface area contributed by atoms with Crippen molar-refractivity contribution in [2.45, 2.75) is 39.2 Å². The number of hydrogen-bond donors (Lipinski definition) is 2. The van der Waals surface area contributed by atoms with Gasteiger partial charge in [0.15, 0.2) is 11.5 Å². The minimum atomic E-state index is -0.974. The van der Waals surface area contributed by atoms with Gasteiger partial charge < -0.3 is 19.5 Å². The van der Waals surface area contributed by atoms with Gasteiger partial charge in [-0.15, -0.1) is 11.3 Å². The van der Waals surface area contributed by atoms with Gasteiger partial charge in [-0.3, -0.25) is 9.59 Å². The Hall–Kier alpha value is -4.22. The van der Waals surface area contributed by atoms with E-state index in [1.807, 2.05) is 31.2 Å². The Bertz CT molecular complexity index is 1710. The third-order valence-electron chi connectivity index (χ3n) is 6.96. The number of hydrogen-bond acceptors (Lipinski definition) is 8. The molecular formula is C32H30BrN3O6S. The van der Waals surface area contributed by atoms with Crippen molar-refractivity contribution in [3.8, 4) is 11.5 Å². The molecule has 1 heterocycles. The average Bonchev–Trinajstić information content (AvgIpc) is 3.38. The third kappa shape index (κ3) is 6.89. The van der Waals surface area contributed by atoms with Crippen LogP contribution < -0.4 is 20.2 Å². The first-order valence-corrected chi connectivity index (χ1v) is 15.4.